The van der Waals surface area contributed by atoms with Crippen LogP contribution in [0.5, 0.6) is 0 Å². The topological polar surface area (TPSA) is 64.6 Å². The van der Waals surface area contributed by atoms with Crippen LogP contribution in [0.1, 0.15) is 48.0 Å². The summed E-state index contributed by atoms with van der Waals surface area (Å²) in [5.74, 6) is -0.939. The lowest BCUT2D eigenvalue weighted by Crippen LogP contribution is -2.74. The van der Waals surface area contributed by atoms with Gasteiger partial charge in [-0.15, -0.1) is 0 Å². The van der Waals surface area contributed by atoms with Gasteiger partial charge in [0.15, 0.2) is 14.0 Å². The van der Waals surface area contributed by atoms with Gasteiger partial charge in [0.05, 0.1) is 6.10 Å². The zero-order valence-electron chi connectivity index (χ0n) is 14.5. The van der Waals surface area contributed by atoms with Crippen molar-refractivity contribution in [1.82, 2.24) is 5.32 Å². The van der Waals surface area contributed by atoms with Crippen LogP contribution in [0.15, 0.2) is 0 Å². The summed E-state index contributed by atoms with van der Waals surface area (Å²) in [4.78, 5) is 23.3. The quantitative estimate of drug-likeness (QED) is 0.481. The van der Waals surface area contributed by atoms with Gasteiger partial charge in [0.1, 0.15) is 5.92 Å². The summed E-state index contributed by atoms with van der Waals surface area (Å²) in [5.41, 5.74) is -0.912. The van der Waals surface area contributed by atoms with Gasteiger partial charge in [-0.2, -0.15) is 0 Å². The first-order chi connectivity index (χ1) is 9.36. The molecule has 0 aromatic carbocycles. The Bertz CT molecular complexity index is 430. The van der Waals surface area contributed by atoms with Crippen molar-refractivity contribution in [1.29, 1.82) is 0 Å². The summed E-state index contributed by atoms with van der Waals surface area (Å²) in [6.07, 6.45) is 0.257. The van der Waals surface area contributed by atoms with Crippen LogP contribution < -0.4 is 5.32 Å². The highest BCUT2D eigenvalue weighted by Crippen LogP contribution is 2.41. The summed E-state index contributed by atoms with van der Waals surface area (Å²) >= 11 is 0. The largest absolute Gasteiger partial charge is 0.438 e. The van der Waals surface area contributed by atoms with E-state index in [0.29, 0.717) is 6.42 Å². The van der Waals surface area contributed by atoms with Crippen LogP contribution in [0.2, 0.25) is 18.1 Å². The molecule has 0 bridgehead atoms. The second-order valence-corrected chi connectivity index (χ2v) is 12.1. The fourth-order valence-corrected chi connectivity index (χ4v) is 3.94. The van der Waals surface area contributed by atoms with Crippen molar-refractivity contribution in [3.8, 4) is 0 Å². The Kier molecular flexibility index (Phi) is 4.95. The Morgan fingerprint density at radius 1 is 1.43 bits per heavy atom. The minimum Gasteiger partial charge on any atom is -0.438 e. The summed E-state index contributed by atoms with van der Waals surface area (Å²) in [6, 6.07) is 0. The Morgan fingerprint density at radius 3 is 2.29 bits per heavy atom. The van der Waals surface area contributed by atoms with Crippen molar-refractivity contribution in [2.45, 2.75) is 77.9 Å². The molecule has 0 saturated carbocycles. The molecule has 1 saturated heterocycles. The minimum absolute atomic E-state index is 0.0673. The third-order valence-electron chi connectivity index (χ3n) is 4.73. The van der Waals surface area contributed by atoms with Crippen LogP contribution in [0.4, 0.5) is 0 Å². The number of carbonyl (C=O) groups is 2. The summed E-state index contributed by atoms with van der Waals surface area (Å²) < 4.78 is 11.7. The summed E-state index contributed by atoms with van der Waals surface area (Å²) in [6.45, 7) is 15.9. The van der Waals surface area contributed by atoms with Gasteiger partial charge in [0.25, 0.3) is 0 Å². The van der Waals surface area contributed by atoms with Gasteiger partial charge < -0.3 is 14.5 Å². The monoisotopic (exact) mass is 315 g/mol. The smallest absolute Gasteiger partial charge is 0.304 e. The molecule has 21 heavy (non-hydrogen) atoms. The zero-order valence-corrected chi connectivity index (χ0v) is 15.5. The second-order valence-electron chi connectivity index (χ2n) is 7.39. The molecule has 1 fully saturated rings. The number of amides is 1. The maximum atomic E-state index is 12.0. The molecule has 0 aromatic heterocycles. The van der Waals surface area contributed by atoms with E-state index in [9.17, 15) is 9.59 Å². The van der Waals surface area contributed by atoms with Gasteiger partial charge in [0.2, 0.25) is 5.91 Å². The van der Waals surface area contributed by atoms with Crippen LogP contribution in [-0.4, -0.2) is 32.0 Å². The van der Waals surface area contributed by atoms with Crippen molar-refractivity contribution in [3.63, 3.8) is 0 Å². The summed E-state index contributed by atoms with van der Waals surface area (Å²) in [7, 11) is -1.98. The van der Waals surface area contributed by atoms with E-state index in [-0.39, 0.29) is 23.0 Å². The Balaban J connectivity index is 2.92. The van der Waals surface area contributed by atoms with Crippen LogP contribution in [0.25, 0.3) is 0 Å². The SMILES string of the molecule is CCC1(OC(C)=O)NC(=O)[C@@H]1C(C)O[Si](C)(C)C(C)(C)C. The molecule has 6 heteroatoms. The first kappa shape index (κ1) is 18.2. The first-order valence-corrected chi connectivity index (χ1v) is 10.5. The fraction of sp³-hybridized carbons (Fsp3) is 0.867. The number of esters is 1. The molecule has 1 heterocycles. The van der Waals surface area contributed by atoms with Crippen LogP contribution in [0.3, 0.4) is 0 Å². The first-order valence-electron chi connectivity index (χ1n) is 7.56. The molecule has 0 radical (unpaired) electrons. The number of rotatable bonds is 5. The molecular weight excluding hydrogens is 286 g/mol. The molecule has 122 valence electrons. The van der Waals surface area contributed by atoms with Gasteiger partial charge >= 0.3 is 5.97 Å². The fourth-order valence-electron chi connectivity index (χ4n) is 2.53. The highest BCUT2D eigenvalue weighted by Gasteiger charge is 2.59. The Morgan fingerprint density at radius 2 is 1.95 bits per heavy atom. The van der Waals surface area contributed by atoms with Crippen LogP contribution in [-0.2, 0) is 18.8 Å². The molecule has 1 aliphatic heterocycles. The van der Waals surface area contributed by atoms with Crippen molar-refractivity contribution >= 4 is 20.2 Å². The molecule has 5 nitrogen and oxygen atoms in total. The van der Waals surface area contributed by atoms with E-state index in [1.807, 2.05) is 13.8 Å². The summed E-state index contributed by atoms with van der Waals surface area (Å²) in [5, 5.41) is 2.81. The molecule has 0 aliphatic carbocycles. The predicted molar refractivity (Wildman–Crippen MR) is 84.2 cm³/mol. The highest BCUT2D eigenvalue weighted by atomic mass is 28.4. The van der Waals surface area contributed by atoms with Gasteiger partial charge in [-0.25, -0.2) is 0 Å². The van der Waals surface area contributed by atoms with E-state index < -0.39 is 20.0 Å². The maximum absolute atomic E-state index is 12.0. The molecular formula is C15H29NO4Si. The molecule has 3 atom stereocenters. The molecule has 2 unspecified atom stereocenters. The van der Waals surface area contributed by atoms with Crippen molar-refractivity contribution in [2.24, 2.45) is 5.92 Å². The molecule has 1 aliphatic rings. The van der Waals surface area contributed by atoms with E-state index in [2.05, 4.69) is 39.2 Å². The van der Waals surface area contributed by atoms with E-state index in [1.54, 1.807) is 0 Å². The van der Waals surface area contributed by atoms with E-state index >= 15 is 0 Å². The van der Waals surface area contributed by atoms with Crippen molar-refractivity contribution in [3.05, 3.63) is 0 Å². The molecule has 1 N–H and O–H groups in total. The molecule has 0 spiro atoms. The number of hydrogen-bond donors (Lipinski definition) is 1. The third kappa shape index (κ3) is 3.48. The standard InChI is InChI=1S/C15H29NO4Si/c1-9-15(19-11(3)17)12(13(18)16-15)10(2)20-21(7,8)14(4,5)6/h10,12H,9H2,1-8H3,(H,16,18)/t10?,12-,15?/m0/s1. The zero-order chi connectivity index (χ0) is 16.6. The number of hydrogen-bond acceptors (Lipinski definition) is 4. The third-order valence-corrected chi connectivity index (χ3v) is 9.30. The average Bonchev–Trinajstić information content (AvgIpc) is 2.23. The van der Waals surface area contributed by atoms with Gasteiger partial charge in [-0.3, -0.25) is 9.59 Å². The van der Waals surface area contributed by atoms with E-state index in [1.165, 1.54) is 6.92 Å². The van der Waals surface area contributed by atoms with Crippen molar-refractivity contribution < 1.29 is 18.8 Å². The van der Waals surface area contributed by atoms with E-state index in [4.69, 9.17) is 9.16 Å². The lowest BCUT2D eigenvalue weighted by atomic mass is 9.80. The average molecular weight is 315 g/mol. The number of nitrogens with one attached hydrogen (secondary N) is 1. The molecule has 0 aromatic rings. The Hall–Kier alpha value is -0.883. The van der Waals surface area contributed by atoms with Crippen LogP contribution >= 0.6 is 0 Å². The van der Waals surface area contributed by atoms with Gasteiger partial charge in [0, 0.05) is 13.3 Å². The lowest BCUT2D eigenvalue weighted by molar-refractivity contribution is -0.203. The van der Waals surface area contributed by atoms with Crippen molar-refractivity contribution in [2.75, 3.05) is 0 Å². The number of β-lactam (4-membered cyclic amide) rings is 1. The number of ether oxygens (including phenoxy) is 1. The second kappa shape index (κ2) is 5.72. The molecule has 1 rings (SSSR count). The van der Waals surface area contributed by atoms with Gasteiger partial charge in [-0.1, -0.05) is 27.7 Å². The predicted octanol–water partition coefficient (Wildman–Crippen LogP) is 2.81. The maximum Gasteiger partial charge on any atom is 0.304 e. The Labute approximate surface area is 128 Å². The van der Waals surface area contributed by atoms with E-state index in [0.717, 1.165) is 0 Å². The number of carbonyl (C=O) groups excluding carboxylic acids is 2. The van der Waals surface area contributed by atoms with Gasteiger partial charge in [-0.05, 0) is 25.1 Å². The normalized spacial score (nSPS) is 27.6. The lowest BCUT2D eigenvalue weighted by Gasteiger charge is -2.51. The minimum atomic E-state index is -1.98. The highest BCUT2D eigenvalue weighted by molar-refractivity contribution is 6.74. The molecule has 1 amide bonds. The van der Waals surface area contributed by atoms with Crippen LogP contribution in [0, 0.1) is 5.92 Å².